The molecule has 0 aliphatic carbocycles. The summed E-state index contributed by atoms with van der Waals surface area (Å²) in [6, 6.07) is 14.1. The van der Waals surface area contributed by atoms with Crippen LogP contribution in [0.4, 0.5) is 23.3 Å². The van der Waals surface area contributed by atoms with Crippen LogP contribution in [0.15, 0.2) is 48.5 Å². The highest BCUT2D eigenvalue weighted by Crippen LogP contribution is 2.27. The van der Waals surface area contributed by atoms with E-state index in [4.69, 9.17) is 17.2 Å². The Balaban J connectivity index is 1.62. The van der Waals surface area contributed by atoms with E-state index in [-0.39, 0.29) is 28.9 Å². The molecule has 0 radical (unpaired) electrons. The monoisotopic (exact) mass is 388 g/mol. The average molecular weight is 388 g/mol. The smallest absolute Gasteiger partial charge is 0.269 e. The van der Waals surface area contributed by atoms with E-state index in [2.05, 4.69) is 19.9 Å². The van der Waals surface area contributed by atoms with Crippen LogP contribution in [0.1, 0.15) is 11.1 Å². The molecule has 10 heteroatoms. The van der Waals surface area contributed by atoms with Crippen LogP contribution in [0.5, 0.6) is 0 Å². The van der Waals surface area contributed by atoms with E-state index in [1.807, 2.05) is 24.3 Å². The number of benzene rings is 2. The molecule has 4 aromatic rings. The van der Waals surface area contributed by atoms with Crippen LogP contribution in [0.3, 0.4) is 0 Å². The van der Waals surface area contributed by atoms with Crippen molar-refractivity contribution in [1.29, 1.82) is 0 Å². The Morgan fingerprint density at radius 3 is 2.03 bits per heavy atom. The molecule has 0 saturated carbocycles. The predicted molar refractivity (Wildman–Crippen MR) is 110 cm³/mol. The second kappa shape index (κ2) is 7.00. The Kier molecular flexibility index (Phi) is 4.36. The van der Waals surface area contributed by atoms with E-state index in [1.165, 1.54) is 12.1 Å². The zero-order valence-corrected chi connectivity index (χ0v) is 15.1. The lowest BCUT2D eigenvalue weighted by Crippen LogP contribution is -2.06. The molecule has 144 valence electrons. The number of nitro groups is 1. The zero-order chi connectivity index (χ0) is 20.5. The van der Waals surface area contributed by atoms with Gasteiger partial charge in [-0.1, -0.05) is 36.4 Å². The fourth-order valence-corrected chi connectivity index (χ4v) is 2.96. The molecule has 6 N–H and O–H groups in total. The maximum absolute atomic E-state index is 10.8. The molecule has 0 unspecified atom stereocenters. The summed E-state index contributed by atoms with van der Waals surface area (Å²) < 4.78 is 0. The van der Waals surface area contributed by atoms with Crippen LogP contribution in [0.25, 0.3) is 22.4 Å². The molecule has 2 heterocycles. The molecular formula is C19H16N8O2. The minimum absolute atomic E-state index is 0.00653. The summed E-state index contributed by atoms with van der Waals surface area (Å²) in [5.41, 5.74) is 21.4. The number of nitro benzene ring substituents is 1. The van der Waals surface area contributed by atoms with Gasteiger partial charge in [0.1, 0.15) is 5.69 Å². The number of nitrogens with zero attached hydrogens (tertiary/aromatic N) is 5. The van der Waals surface area contributed by atoms with Crippen molar-refractivity contribution in [3.63, 3.8) is 0 Å². The number of hydrogen-bond acceptors (Lipinski definition) is 9. The van der Waals surface area contributed by atoms with Gasteiger partial charge in [-0.25, -0.2) is 9.97 Å². The van der Waals surface area contributed by atoms with E-state index < -0.39 is 4.92 Å². The summed E-state index contributed by atoms with van der Waals surface area (Å²) in [4.78, 5) is 26.9. The molecule has 0 aliphatic heterocycles. The molecule has 0 fully saturated rings. The number of rotatable bonds is 4. The van der Waals surface area contributed by atoms with Crippen molar-refractivity contribution in [2.75, 3.05) is 17.2 Å². The molecule has 0 aliphatic rings. The van der Waals surface area contributed by atoms with E-state index in [0.717, 1.165) is 16.7 Å². The topological polar surface area (TPSA) is 173 Å². The average Bonchev–Trinajstić information content (AvgIpc) is 2.68. The van der Waals surface area contributed by atoms with Crippen LogP contribution in [-0.4, -0.2) is 24.9 Å². The van der Waals surface area contributed by atoms with Crippen LogP contribution in [0.2, 0.25) is 0 Å². The van der Waals surface area contributed by atoms with Crippen LogP contribution >= 0.6 is 0 Å². The van der Waals surface area contributed by atoms with Gasteiger partial charge in [0.05, 0.1) is 4.92 Å². The van der Waals surface area contributed by atoms with Gasteiger partial charge in [0, 0.05) is 17.7 Å². The lowest BCUT2D eigenvalue weighted by molar-refractivity contribution is -0.384. The van der Waals surface area contributed by atoms with Gasteiger partial charge in [-0.3, -0.25) is 10.1 Å². The molecular weight excluding hydrogens is 372 g/mol. The van der Waals surface area contributed by atoms with E-state index in [0.29, 0.717) is 17.6 Å². The lowest BCUT2D eigenvalue weighted by atomic mass is 10.0. The predicted octanol–water partition coefficient (Wildman–Crippen LogP) is 2.33. The Hall–Kier alpha value is -4.34. The SMILES string of the molecule is Nc1nc(N)c2nc(-c3ccc(Cc4ccc([N+](=O)[O-])cc4)cc3)c(N)nc2n1. The Bertz CT molecular complexity index is 1220. The summed E-state index contributed by atoms with van der Waals surface area (Å²) in [6.45, 7) is 0. The molecule has 2 aromatic carbocycles. The van der Waals surface area contributed by atoms with Gasteiger partial charge in [0.2, 0.25) is 5.95 Å². The van der Waals surface area contributed by atoms with Crippen molar-refractivity contribution in [3.05, 3.63) is 69.8 Å². The van der Waals surface area contributed by atoms with E-state index in [9.17, 15) is 10.1 Å². The molecule has 0 saturated heterocycles. The van der Waals surface area contributed by atoms with E-state index >= 15 is 0 Å². The normalized spacial score (nSPS) is 10.9. The lowest BCUT2D eigenvalue weighted by Gasteiger charge is -2.09. The zero-order valence-electron chi connectivity index (χ0n) is 15.1. The number of hydrogen-bond donors (Lipinski definition) is 3. The van der Waals surface area contributed by atoms with Crippen molar-refractivity contribution < 1.29 is 4.92 Å². The van der Waals surface area contributed by atoms with Crippen molar-refractivity contribution in [2.24, 2.45) is 0 Å². The molecule has 0 spiro atoms. The number of nitrogens with two attached hydrogens (primary N) is 3. The van der Waals surface area contributed by atoms with Gasteiger partial charge >= 0.3 is 0 Å². The first kappa shape index (κ1) is 18.0. The first-order valence-electron chi connectivity index (χ1n) is 8.59. The molecule has 0 bridgehead atoms. The third kappa shape index (κ3) is 3.58. The Morgan fingerprint density at radius 1 is 0.793 bits per heavy atom. The van der Waals surface area contributed by atoms with Crippen molar-refractivity contribution in [2.45, 2.75) is 6.42 Å². The molecule has 0 atom stereocenters. The minimum atomic E-state index is -0.417. The standard InChI is InChI=1S/C19H16N8O2/c20-16-14(23-15-17(21)25-19(22)26-18(15)24-16)12-5-1-10(2-6-12)9-11-3-7-13(8-4-11)27(28)29/h1-8H,9H2,(H6,20,21,22,24,25,26). The maximum atomic E-state index is 10.8. The molecule has 10 nitrogen and oxygen atoms in total. The fraction of sp³-hybridized carbons (Fsp3) is 0.0526. The number of nitrogen functional groups attached to an aromatic ring is 3. The number of non-ortho nitro benzene ring substituents is 1. The van der Waals surface area contributed by atoms with Crippen LogP contribution < -0.4 is 17.2 Å². The van der Waals surface area contributed by atoms with Gasteiger partial charge in [-0.15, -0.1) is 0 Å². The van der Waals surface area contributed by atoms with Crippen LogP contribution in [0, 0.1) is 10.1 Å². The minimum Gasteiger partial charge on any atom is -0.382 e. The largest absolute Gasteiger partial charge is 0.382 e. The molecule has 2 aromatic heterocycles. The third-order valence-corrected chi connectivity index (χ3v) is 4.39. The van der Waals surface area contributed by atoms with Crippen molar-refractivity contribution in [3.8, 4) is 11.3 Å². The highest BCUT2D eigenvalue weighted by atomic mass is 16.6. The van der Waals surface area contributed by atoms with Crippen molar-refractivity contribution >= 4 is 34.4 Å². The fourth-order valence-electron chi connectivity index (χ4n) is 2.96. The number of aromatic nitrogens is 4. The van der Waals surface area contributed by atoms with Gasteiger partial charge < -0.3 is 17.2 Å². The Labute approximate surface area is 164 Å². The van der Waals surface area contributed by atoms with E-state index in [1.54, 1.807) is 12.1 Å². The first-order valence-corrected chi connectivity index (χ1v) is 8.59. The molecule has 4 rings (SSSR count). The molecule has 29 heavy (non-hydrogen) atoms. The van der Waals surface area contributed by atoms with Crippen molar-refractivity contribution in [1.82, 2.24) is 19.9 Å². The van der Waals surface area contributed by atoms with Gasteiger partial charge in [0.25, 0.3) is 5.69 Å². The summed E-state index contributed by atoms with van der Waals surface area (Å²) in [6.07, 6.45) is 0.636. The Morgan fingerprint density at radius 2 is 1.41 bits per heavy atom. The highest BCUT2D eigenvalue weighted by molar-refractivity contribution is 5.87. The number of fused-ring (bicyclic) bond motifs is 1. The number of anilines is 3. The summed E-state index contributed by atoms with van der Waals surface area (Å²) in [7, 11) is 0. The second-order valence-corrected chi connectivity index (χ2v) is 6.39. The third-order valence-electron chi connectivity index (χ3n) is 4.39. The van der Waals surface area contributed by atoms with Gasteiger partial charge in [-0.2, -0.15) is 9.97 Å². The van der Waals surface area contributed by atoms with Gasteiger partial charge in [0.15, 0.2) is 22.8 Å². The second-order valence-electron chi connectivity index (χ2n) is 6.39. The quantitative estimate of drug-likeness (QED) is 0.350. The summed E-state index contributed by atoms with van der Waals surface area (Å²) in [5, 5.41) is 10.8. The highest BCUT2D eigenvalue weighted by Gasteiger charge is 2.13. The van der Waals surface area contributed by atoms with Gasteiger partial charge in [-0.05, 0) is 17.5 Å². The summed E-state index contributed by atoms with van der Waals surface area (Å²) >= 11 is 0. The van der Waals surface area contributed by atoms with Crippen LogP contribution in [-0.2, 0) is 6.42 Å². The maximum Gasteiger partial charge on any atom is 0.269 e. The first-order chi connectivity index (χ1) is 13.9. The summed E-state index contributed by atoms with van der Waals surface area (Å²) in [5.74, 6) is 0.348. The molecule has 0 amide bonds.